The van der Waals surface area contributed by atoms with Crippen molar-refractivity contribution in [2.45, 2.75) is 6.92 Å². The Labute approximate surface area is 109 Å². The van der Waals surface area contributed by atoms with Gasteiger partial charge in [0, 0.05) is 10.6 Å². The Kier molecular flexibility index (Phi) is 3.97. The lowest BCUT2D eigenvalue weighted by atomic mass is 10.2. The maximum Gasteiger partial charge on any atom is 0.329 e. The number of aromatic nitrogens is 2. The molecule has 0 aliphatic rings. The summed E-state index contributed by atoms with van der Waals surface area (Å²) in [5.74, 6) is 5.53. The lowest BCUT2D eigenvalue weighted by Crippen LogP contribution is -1.94. The van der Waals surface area contributed by atoms with E-state index in [0.29, 0.717) is 17.6 Å². The van der Waals surface area contributed by atoms with Crippen LogP contribution in [0, 0.1) is 11.8 Å². The van der Waals surface area contributed by atoms with E-state index in [0.717, 1.165) is 10.6 Å². The van der Waals surface area contributed by atoms with E-state index in [1.807, 2.05) is 24.3 Å². The Morgan fingerprint density at radius 1 is 1.47 bits per heavy atom. The molecule has 2 rings (SSSR count). The van der Waals surface area contributed by atoms with Crippen LogP contribution in [0.25, 0.3) is 10.6 Å². The van der Waals surface area contributed by atoms with Gasteiger partial charge in [-0.1, -0.05) is 29.7 Å². The number of rotatable bonds is 3. The molecule has 2 aromatic rings. The molecule has 0 bridgehead atoms. The number of ether oxygens (including phenoxy) is 1. The average Bonchev–Trinajstić information content (AvgIpc) is 2.78. The van der Waals surface area contributed by atoms with Crippen LogP contribution in [0.1, 0.15) is 6.92 Å². The number of nitrogens with zero attached hydrogens (tertiary/aromatic N) is 2. The smallest absolute Gasteiger partial charge is 0.329 e. The molecule has 1 heterocycles. The van der Waals surface area contributed by atoms with Gasteiger partial charge in [-0.15, -0.1) is 10.3 Å². The van der Waals surface area contributed by atoms with Crippen LogP contribution in [-0.2, 0) is 0 Å². The van der Waals surface area contributed by atoms with E-state index >= 15 is 0 Å². The van der Waals surface area contributed by atoms with Gasteiger partial charge in [0.2, 0.25) is 0 Å². The monoisotopic (exact) mass is 264 g/mol. The highest BCUT2D eigenvalue weighted by Crippen LogP contribution is 2.25. The van der Waals surface area contributed by atoms with Crippen molar-refractivity contribution in [2.75, 3.05) is 6.61 Å². The maximum absolute atomic E-state index is 5.91. The van der Waals surface area contributed by atoms with Crippen molar-refractivity contribution < 1.29 is 4.74 Å². The van der Waals surface area contributed by atoms with E-state index in [1.54, 1.807) is 6.92 Å². The highest BCUT2D eigenvalue weighted by Gasteiger charge is 2.07. The summed E-state index contributed by atoms with van der Waals surface area (Å²) in [6.45, 7) is 2.07. The minimum atomic E-state index is 0.308. The third-order valence-corrected chi connectivity index (χ3v) is 2.91. The van der Waals surface area contributed by atoms with Crippen molar-refractivity contribution in [1.82, 2.24) is 9.36 Å². The van der Waals surface area contributed by atoms with E-state index in [1.165, 1.54) is 11.5 Å². The van der Waals surface area contributed by atoms with Gasteiger partial charge in [0.15, 0.2) is 6.61 Å². The molecule has 0 saturated carbocycles. The molecule has 0 aliphatic carbocycles. The Bertz CT molecular complexity index is 571. The number of halogens is 1. The SMILES string of the molecule is CC#CCOc1nsc(-c2cccc(Cl)c2)n1. The zero-order valence-electron chi connectivity index (χ0n) is 9.11. The van der Waals surface area contributed by atoms with Gasteiger partial charge in [-0.2, -0.15) is 4.98 Å². The first kappa shape index (κ1) is 11.9. The summed E-state index contributed by atoms with van der Waals surface area (Å²) < 4.78 is 9.35. The molecule has 0 saturated heterocycles. The highest BCUT2D eigenvalue weighted by atomic mass is 35.5. The summed E-state index contributed by atoms with van der Waals surface area (Å²) in [4.78, 5) is 4.25. The lowest BCUT2D eigenvalue weighted by Gasteiger charge is -1.95. The molecule has 0 atom stereocenters. The van der Waals surface area contributed by atoms with Gasteiger partial charge in [-0.3, -0.25) is 0 Å². The molecule has 5 heteroatoms. The van der Waals surface area contributed by atoms with Crippen LogP contribution in [-0.4, -0.2) is 16.0 Å². The zero-order valence-corrected chi connectivity index (χ0v) is 10.7. The van der Waals surface area contributed by atoms with Gasteiger partial charge in [0.05, 0.1) is 0 Å². The normalized spacial score (nSPS) is 9.53. The molecule has 0 fully saturated rings. The second-order valence-electron chi connectivity index (χ2n) is 3.11. The van der Waals surface area contributed by atoms with Crippen molar-refractivity contribution in [3.8, 4) is 28.4 Å². The fraction of sp³-hybridized carbons (Fsp3) is 0.167. The quantitative estimate of drug-likeness (QED) is 0.798. The van der Waals surface area contributed by atoms with E-state index in [4.69, 9.17) is 16.3 Å². The Morgan fingerprint density at radius 3 is 3.12 bits per heavy atom. The molecule has 0 N–H and O–H groups in total. The van der Waals surface area contributed by atoms with Crippen LogP contribution < -0.4 is 4.74 Å². The van der Waals surface area contributed by atoms with Crippen LogP contribution in [0.4, 0.5) is 0 Å². The van der Waals surface area contributed by atoms with Gasteiger partial charge in [0.25, 0.3) is 0 Å². The molecule has 0 amide bonds. The van der Waals surface area contributed by atoms with E-state index in [9.17, 15) is 0 Å². The predicted octanol–water partition coefficient (Wildman–Crippen LogP) is 3.26. The van der Waals surface area contributed by atoms with Crippen LogP contribution in [0.5, 0.6) is 6.01 Å². The van der Waals surface area contributed by atoms with Gasteiger partial charge in [-0.25, -0.2) is 0 Å². The second-order valence-corrected chi connectivity index (χ2v) is 4.30. The fourth-order valence-electron chi connectivity index (χ4n) is 1.18. The summed E-state index contributed by atoms with van der Waals surface area (Å²) in [5.41, 5.74) is 0.937. The standard InChI is InChI=1S/C12H9ClN2OS/c1-2-3-7-16-12-14-11(17-15-12)9-5-4-6-10(13)8-9/h4-6,8H,7H2,1H3. The minimum absolute atomic E-state index is 0.308. The molecule has 0 unspecified atom stereocenters. The third-order valence-electron chi connectivity index (χ3n) is 1.93. The van der Waals surface area contributed by atoms with Crippen molar-refractivity contribution in [2.24, 2.45) is 0 Å². The van der Waals surface area contributed by atoms with Crippen LogP contribution >= 0.6 is 23.1 Å². The Hall–Kier alpha value is -1.57. The van der Waals surface area contributed by atoms with Gasteiger partial charge < -0.3 is 4.74 Å². The molecular weight excluding hydrogens is 256 g/mol. The molecule has 1 aromatic carbocycles. The summed E-state index contributed by atoms with van der Waals surface area (Å²) in [6, 6.07) is 7.83. The van der Waals surface area contributed by atoms with E-state index in [-0.39, 0.29) is 0 Å². The van der Waals surface area contributed by atoms with Crippen LogP contribution in [0.2, 0.25) is 5.02 Å². The van der Waals surface area contributed by atoms with E-state index < -0.39 is 0 Å². The molecule has 86 valence electrons. The average molecular weight is 265 g/mol. The molecule has 1 aromatic heterocycles. The highest BCUT2D eigenvalue weighted by molar-refractivity contribution is 7.09. The van der Waals surface area contributed by atoms with Crippen LogP contribution in [0.15, 0.2) is 24.3 Å². The number of benzene rings is 1. The molecule has 0 radical (unpaired) electrons. The first-order valence-electron chi connectivity index (χ1n) is 4.91. The summed E-state index contributed by atoms with van der Waals surface area (Å²) in [7, 11) is 0. The summed E-state index contributed by atoms with van der Waals surface area (Å²) in [5, 5.41) is 1.46. The number of hydrogen-bond acceptors (Lipinski definition) is 4. The van der Waals surface area contributed by atoms with Crippen molar-refractivity contribution in [3.63, 3.8) is 0 Å². The lowest BCUT2D eigenvalue weighted by molar-refractivity contribution is 0.345. The zero-order chi connectivity index (χ0) is 12.1. The first-order chi connectivity index (χ1) is 8.29. The summed E-state index contributed by atoms with van der Waals surface area (Å²) in [6.07, 6.45) is 0. The maximum atomic E-state index is 5.91. The fourth-order valence-corrected chi connectivity index (χ4v) is 1.98. The van der Waals surface area contributed by atoms with Crippen molar-refractivity contribution in [1.29, 1.82) is 0 Å². The largest absolute Gasteiger partial charge is 0.450 e. The molecule has 0 aliphatic heterocycles. The number of hydrogen-bond donors (Lipinski definition) is 0. The second kappa shape index (κ2) is 5.67. The molecule has 17 heavy (non-hydrogen) atoms. The Balaban J connectivity index is 2.14. The third kappa shape index (κ3) is 3.19. The molecule has 3 nitrogen and oxygen atoms in total. The molecular formula is C12H9ClN2OS. The van der Waals surface area contributed by atoms with Crippen molar-refractivity contribution in [3.05, 3.63) is 29.3 Å². The predicted molar refractivity (Wildman–Crippen MR) is 69.3 cm³/mol. The van der Waals surface area contributed by atoms with Gasteiger partial charge >= 0.3 is 6.01 Å². The molecule has 0 spiro atoms. The van der Waals surface area contributed by atoms with Gasteiger partial charge in [-0.05, 0) is 30.6 Å². The van der Waals surface area contributed by atoms with E-state index in [2.05, 4.69) is 21.2 Å². The minimum Gasteiger partial charge on any atom is -0.450 e. The first-order valence-corrected chi connectivity index (χ1v) is 6.07. The van der Waals surface area contributed by atoms with Crippen LogP contribution in [0.3, 0.4) is 0 Å². The topological polar surface area (TPSA) is 35.0 Å². The Morgan fingerprint density at radius 2 is 2.35 bits per heavy atom. The van der Waals surface area contributed by atoms with Gasteiger partial charge in [0.1, 0.15) is 5.01 Å². The summed E-state index contributed by atoms with van der Waals surface area (Å²) >= 11 is 7.19. The van der Waals surface area contributed by atoms with Crippen molar-refractivity contribution >= 4 is 23.1 Å².